The third-order valence-electron chi connectivity index (χ3n) is 4.15. The molecule has 0 bridgehead atoms. The molecule has 2 rings (SSSR count). The number of pyridine rings is 1. The van der Waals surface area contributed by atoms with E-state index in [1.165, 1.54) is 0 Å². The molecule has 132 valence electrons. The van der Waals surface area contributed by atoms with Crippen LogP contribution in [0.4, 0.5) is 4.79 Å². The molecule has 1 aromatic heterocycles. The lowest BCUT2D eigenvalue weighted by molar-refractivity contribution is -0.122. The van der Waals surface area contributed by atoms with E-state index in [0.717, 1.165) is 24.9 Å². The Morgan fingerprint density at radius 1 is 1.38 bits per heavy atom. The second-order valence-corrected chi connectivity index (χ2v) is 6.88. The van der Waals surface area contributed by atoms with Crippen molar-refractivity contribution in [2.75, 3.05) is 19.6 Å². The highest BCUT2D eigenvalue weighted by Crippen LogP contribution is 2.19. The van der Waals surface area contributed by atoms with Gasteiger partial charge in [-0.1, -0.05) is 19.9 Å². The molecule has 24 heavy (non-hydrogen) atoms. The summed E-state index contributed by atoms with van der Waals surface area (Å²) in [6, 6.07) is 3.79. The third-order valence-corrected chi connectivity index (χ3v) is 4.15. The van der Waals surface area contributed by atoms with Crippen LogP contribution in [0, 0.1) is 11.8 Å². The molecule has 0 unspecified atom stereocenters. The lowest BCUT2D eigenvalue weighted by Gasteiger charge is -2.32. The van der Waals surface area contributed by atoms with E-state index in [1.54, 1.807) is 12.4 Å². The lowest BCUT2D eigenvalue weighted by Crippen LogP contribution is -2.47. The van der Waals surface area contributed by atoms with Gasteiger partial charge in [0, 0.05) is 45.0 Å². The fraction of sp³-hybridized carbons (Fsp3) is 0.611. The van der Waals surface area contributed by atoms with Crippen LogP contribution in [-0.4, -0.2) is 41.5 Å². The first-order valence-electron chi connectivity index (χ1n) is 8.73. The van der Waals surface area contributed by atoms with Gasteiger partial charge in [-0.25, -0.2) is 4.79 Å². The van der Waals surface area contributed by atoms with E-state index in [9.17, 15) is 9.59 Å². The molecule has 1 aromatic rings. The van der Waals surface area contributed by atoms with E-state index >= 15 is 0 Å². The van der Waals surface area contributed by atoms with Crippen molar-refractivity contribution >= 4 is 11.9 Å². The van der Waals surface area contributed by atoms with Gasteiger partial charge in [0.05, 0.1) is 0 Å². The third kappa shape index (κ3) is 6.18. The predicted molar refractivity (Wildman–Crippen MR) is 93.2 cm³/mol. The number of nitrogens with zero attached hydrogens (tertiary/aromatic N) is 2. The highest BCUT2D eigenvalue weighted by Gasteiger charge is 2.25. The van der Waals surface area contributed by atoms with Gasteiger partial charge in [-0.05, 0) is 36.3 Å². The zero-order chi connectivity index (χ0) is 17.4. The smallest absolute Gasteiger partial charge is 0.317 e. The van der Waals surface area contributed by atoms with Crippen LogP contribution in [0.3, 0.4) is 0 Å². The minimum absolute atomic E-state index is 0.0100. The quantitative estimate of drug-likeness (QED) is 0.838. The van der Waals surface area contributed by atoms with Gasteiger partial charge in [-0.15, -0.1) is 0 Å². The lowest BCUT2D eigenvalue weighted by atomic mass is 9.94. The number of nitrogens with one attached hydrogen (secondary N) is 2. The number of likely N-dealkylation sites (tertiary alicyclic amines) is 1. The van der Waals surface area contributed by atoms with E-state index in [2.05, 4.69) is 29.5 Å². The summed E-state index contributed by atoms with van der Waals surface area (Å²) in [5, 5.41) is 5.88. The summed E-state index contributed by atoms with van der Waals surface area (Å²) in [6.07, 6.45) is 5.88. The van der Waals surface area contributed by atoms with Gasteiger partial charge >= 0.3 is 6.03 Å². The Hall–Kier alpha value is -2.11. The maximum Gasteiger partial charge on any atom is 0.317 e. The molecule has 2 N–H and O–H groups in total. The number of hydrogen-bond acceptors (Lipinski definition) is 3. The maximum atomic E-state index is 12.2. The molecule has 2 heterocycles. The van der Waals surface area contributed by atoms with Crippen molar-refractivity contribution in [2.24, 2.45) is 11.8 Å². The van der Waals surface area contributed by atoms with Crippen LogP contribution in [-0.2, 0) is 11.3 Å². The second kappa shape index (κ2) is 9.25. The Bertz CT molecular complexity index is 533. The van der Waals surface area contributed by atoms with Crippen molar-refractivity contribution < 1.29 is 9.59 Å². The molecular formula is C18H28N4O2. The van der Waals surface area contributed by atoms with Crippen molar-refractivity contribution in [2.45, 2.75) is 39.7 Å². The van der Waals surface area contributed by atoms with Crippen LogP contribution in [0.2, 0.25) is 0 Å². The summed E-state index contributed by atoms with van der Waals surface area (Å²) in [5.41, 5.74) is 0.990. The van der Waals surface area contributed by atoms with E-state index in [1.807, 2.05) is 17.0 Å². The maximum absolute atomic E-state index is 12.2. The minimum Gasteiger partial charge on any atom is -0.352 e. The average Bonchev–Trinajstić information content (AvgIpc) is 2.59. The fourth-order valence-corrected chi connectivity index (χ4v) is 2.86. The minimum atomic E-state index is -0.0100. The monoisotopic (exact) mass is 332 g/mol. The fourth-order valence-electron chi connectivity index (χ4n) is 2.86. The molecule has 1 atom stereocenters. The van der Waals surface area contributed by atoms with Crippen molar-refractivity contribution in [3.05, 3.63) is 30.1 Å². The highest BCUT2D eigenvalue weighted by molar-refractivity contribution is 5.77. The Morgan fingerprint density at radius 3 is 2.92 bits per heavy atom. The summed E-state index contributed by atoms with van der Waals surface area (Å²) >= 11 is 0. The Kier molecular flexibility index (Phi) is 7.03. The molecule has 1 fully saturated rings. The first kappa shape index (κ1) is 18.2. The van der Waals surface area contributed by atoms with Gasteiger partial charge in [0.2, 0.25) is 5.91 Å². The molecule has 3 amide bonds. The topological polar surface area (TPSA) is 74.3 Å². The number of urea groups is 1. The summed E-state index contributed by atoms with van der Waals surface area (Å²) < 4.78 is 0. The number of carbonyl (C=O) groups excluding carboxylic acids is 2. The van der Waals surface area contributed by atoms with E-state index in [0.29, 0.717) is 32.0 Å². The predicted octanol–water partition coefficient (Wildman–Crippen LogP) is 2.17. The number of aromatic nitrogens is 1. The van der Waals surface area contributed by atoms with Crippen LogP contribution in [0.1, 0.15) is 38.7 Å². The molecule has 0 saturated carbocycles. The van der Waals surface area contributed by atoms with Crippen molar-refractivity contribution in [1.82, 2.24) is 20.5 Å². The zero-order valence-electron chi connectivity index (χ0n) is 14.6. The van der Waals surface area contributed by atoms with Gasteiger partial charge in [0.15, 0.2) is 0 Å². The number of hydrogen-bond donors (Lipinski definition) is 2. The SMILES string of the molecule is CC(C)CNC(=O)N1CCC[C@H](CC(=O)NCc2cccnc2)C1. The summed E-state index contributed by atoms with van der Waals surface area (Å²) in [5.74, 6) is 0.707. The molecule has 0 spiro atoms. The number of carbonyl (C=O) groups is 2. The molecular weight excluding hydrogens is 304 g/mol. The van der Waals surface area contributed by atoms with Gasteiger partial charge in [-0.2, -0.15) is 0 Å². The number of rotatable bonds is 6. The molecule has 1 aliphatic rings. The standard InChI is InChI=1S/C18H28N4O2/c1-14(2)10-21-18(24)22-8-4-6-15(13-22)9-17(23)20-12-16-5-3-7-19-11-16/h3,5,7,11,14-15H,4,6,8-10,12-13H2,1-2H3,(H,20,23)(H,21,24)/t15-/m1/s1. The molecule has 0 aromatic carbocycles. The first-order chi connectivity index (χ1) is 11.5. The molecule has 1 saturated heterocycles. The summed E-state index contributed by atoms with van der Waals surface area (Å²) in [7, 11) is 0. The first-order valence-corrected chi connectivity index (χ1v) is 8.73. The molecule has 0 radical (unpaired) electrons. The second-order valence-electron chi connectivity index (χ2n) is 6.88. The normalized spacial score (nSPS) is 17.6. The van der Waals surface area contributed by atoms with Gasteiger partial charge in [0.25, 0.3) is 0 Å². The summed E-state index contributed by atoms with van der Waals surface area (Å²) in [4.78, 5) is 30.2. The Morgan fingerprint density at radius 2 is 2.21 bits per heavy atom. The van der Waals surface area contributed by atoms with Gasteiger partial charge in [-0.3, -0.25) is 9.78 Å². The van der Waals surface area contributed by atoms with Crippen LogP contribution in [0.5, 0.6) is 0 Å². The van der Waals surface area contributed by atoms with Gasteiger partial charge in [0.1, 0.15) is 0 Å². The zero-order valence-corrected chi connectivity index (χ0v) is 14.6. The van der Waals surface area contributed by atoms with Crippen LogP contribution >= 0.6 is 0 Å². The summed E-state index contributed by atoms with van der Waals surface area (Å²) in [6.45, 7) is 6.77. The molecule has 1 aliphatic heterocycles. The Labute approximate surface area is 144 Å². The molecule has 0 aliphatic carbocycles. The van der Waals surface area contributed by atoms with E-state index in [-0.39, 0.29) is 17.9 Å². The van der Waals surface area contributed by atoms with Gasteiger partial charge < -0.3 is 15.5 Å². The molecule has 6 nitrogen and oxygen atoms in total. The molecule has 6 heteroatoms. The van der Waals surface area contributed by atoms with E-state index in [4.69, 9.17) is 0 Å². The van der Waals surface area contributed by atoms with Crippen molar-refractivity contribution in [3.8, 4) is 0 Å². The number of piperidine rings is 1. The number of amides is 3. The average molecular weight is 332 g/mol. The largest absolute Gasteiger partial charge is 0.352 e. The van der Waals surface area contributed by atoms with Crippen LogP contribution in [0.15, 0.2) is 24.5 Å². The highest BCUT2D eigenvalue weighted by atomic mass is 16.2. The Balaban J connectivity index is 1.73. The van der Waals surface area contributed by atoms with Crippen molar-refractivity contribution in [3.63, 3.8) is 0 Å². The van der Waals surface area contributed by atoms with Crippen LogP contribution < -0.4 is 10.6 Å². The van der Waals surface area contributed by atoms with E-state index < -0.39 is 0 Å². The van der Waals surface area contributed by atoms with Crippen molar-refractivity contribution in [1.29, 1.82) is 0 Å². The van der Waals surface area contributed by atoms with Crippen LogP contribution in [0.25, 0.3) is 0 Å².